The monoisotopic (exact) mass is 290 g/mol. The Hall–Kier alpha value is -2.04. The third-order valence-corrected chi connectivity index (χ3v) is 4.26. The quantitative estimate of drug-likeness (QED) is 0.721. The fourth-order valence-corrected chi connectivity index (χ4v) is 2.42. The van der Waals surface area contributed by atoms with E-state index < -0.39 is 5.97 Å². The Labute approximate surface area is 124 Å². The molecular formula is C16H22N2O3. The first-order valence-electron chi connectivity index (χ1n) is 7.39. The van der Waals surface area contributed by atoms with E-state index in [-0.39, 0.29) is 6.03 Å². The molecule has 1 fully saturated rings. The van der Waals surface area contributed by atoms with Gasteiger partial charge >= 0.3 is 12.0 Å². The van der Waals surface area contributed by atoms with E-state index in [1.165, 1.54) is 12.8 Å². The molecule has 2 amide bonds. The van der Waals surface area contributed by atoms with Crippen LogP contribution >= 0.6 is 0 Å². The molecule has 0 aromatic heterocycles. The molecule has 5 heteroatoms. The number of benzene rings is 1. The van der Waals surface area contributed by atoms with Gasteiger partial charge in [0.15, 0.2) is 0 Å². The van der Waals surface area contributed by atoms with Gasteiger partial charge in [0.05, 0.1) is 5.56 Å². The first-order valence-corrected chi connectivity index (χ1v) is 7.39. The van der Waals surface area contributed by atoms with Gasteiger partial charge in [-0.3, -0.25) is 0 Å². The summed E-state index contributed by atoms with van der Waals surface area (Å²) < 4.78 is 0. The van der Waals surface area contributed by atoms with Crippen molar-refractivity contribution in [3.05, 3.63) is 35.4 Å². The Morgan fingerprint density at radius 2 is 1.95 bits per heavy atom. The summed E-state index contributed by atoms with van der Waals surface area (Å²) in [5, 5.41) is 14.8. The molecule has 0 heterocycles. The normalized spacial score (nSPS) is 15.3. The number of amides is 2. The standard InChI is InChI=1S/C16H22N2O3/c1-2-16(8-9-16)11-18-15(21)17-10-7-12-5-3-4-6-13(12)14(19)20/h3-6H,2,7-11H2,1H3,(H,19,20)(H2,17,18,21). The van der Waals surface area contributed by atoms with Crippen LogP contribution in [-0.4, -0.2) is 30.2 Å². The van der Waals surface area contributed by atoms with Gasteiger partial charge in [-0.15, -0.1) is 0 Å². The van der Waals surface area contributed by atoms with Crippen LogP contribution in [0.1, 0.15) is 42.1 Å². The summed E-state index contributed by atoms with van der Waals surface area (Å²) >= 11 is 0. The number of nitrogens with one attached hydrogen (secondary N) is 2. The number of aromatic carboxylic acids is 1. The van der Waals surface area contributed by atoms with E-state index in [4.69, 9.17) is 5.11 Å². The number of rotatable bonds is 7. The van der Waals surface area contributed by atoms with Gasteiger partial charge in [0, 0.05) is 13.1 Å². The van der Waals surface area contributed by atoms with Gasteiger partial charge in [-0.1, -0.05) is 25.1 Å². The molecule has 1 aliphatic rings. The summed E-state index contributed by atoms with van der Waals surface area (Å²) in [5.74, 6) is -0.936. The van der Waals surface area contributed by atoms with Gasteiger partial charge in [0.25, 0.3) is 0 Å². The SMILES string of the molecule is CCC1(CNC(=O)NCCc2ccccc2C(=O)O)CC1. The second-order valence-electron chi connectivity index (χ2n) is 5.68. The number of hydrogen-bond acceptors (Lipinski definition) is 2. The topological polar surface area (TPSA) is 78.4 Å². The van der Waals surface area contributed by atoms with Crippen LogP contribution in [-0.2, 0) is 6.42 Å². The van der Waals surface area contributed by atoms with Crippen molar-refractivity contribution >= 4 is 12.0 Å². The molecule has 5 nitrogen and oxygen atoms in total. The number of carboxylic acid groups (broad SMARTS) is 1. The molecule has 0 unspecified atom stereocenters. The van der Waals surface area contributed by atoms with E-state index in [2.05, 4.69) is 17.6 Å². The van der Waals surface area contributed by atoms with Gasteiger partial charge in [-0.2, -0.15) is 0 Å². The third kappa shape index (κ3) is 4.21. The lowest BCUT2D eigenvalue weighted by Gasteiger charge is -2.14. The lowest BCUT2D eigenvalue weighted by Crippen LogP contribution is -2.39. The zero-order chi connectivity index (χ0) is 15.3. The summed E-state index contributed by atoms with van der Waals surface area (Å²) in [6.07, 6.45) is 3.99. The molecule has 3 N–H and O–H groups in total. The van der Waals surface area contributed by atoms with Crippen molar-refractivity contribution in [3.63, 3.8) is 0 Å². The zero-order valence-electron chi connectivity index (χ0n) is 12.3. The smallest absolute Gasteiger partial charge is 0.335 e. The third-order valence-electron chi connectivity index (χ3n) is 4.26. The maximum atomic E-state index is 11.7. The van der Waals surface area contributed by atoms with Crippen LogP contribution < -0.4 is 10.6 Å². The second kappa shape index (κ2) is 6.61. The molecule has 2 rings (SSSR count). The van der Waals surface area contributed by atoms with Crippen molar-refractivity contribution in [2.24, 2.45) is 5.41 Å². The number of carbonyl (C=O) groups excluding carboxylic acids is 1. The molecule has 1 aromatic rings. The average molecular weight is 290 g/mol. The van der Waals surface area contributed by atoms with Crippen molar-refractivity contribution in [3.8, 4) is 0 Å². The Morgan fingerprint density at radius 3 is 2.57 bits per heavy atom. The summed E-state index contributed by atoms with van der Waals surface area (Å²) in [7, 11) is 0. The molecule has 0 atom stereocenters. The van der Waals surface area contributed by atoms with E-state index in [9.17, 15) is 9.59 Å². The minimum absolute atomic E-state index is 0.178. The average Bonchev–Trinajstić information content (AvgIpc) is 3.26. The first-order chi connectivity index (χ1) is 10.1. The van der Waals surface area contributed by atoms with Crippen molar-refractivity contribution < 1.29 is 14.7 Å². The molecule has 0 saturated heterocycles. The largest absolute Gasteiger partial charge is 0.478 e. The molecule has 0 bridgehead atoms. The molecule has 21 heavy (non-hydrogen) atoms. The Morgan fingerprint density at radius 1 is 1.24 bits per heavy atom. The Bertz CT molecular complexity index is 524. The van der Waals surface area contributed by atoms with Crippen LogP contribution in [0, 0.1) is 5.41 Å². The number of carboxylic acids is 1. The maximum absolute atomic E-state index is 11.7. The van der Waals surface area contributed by atoms with E-state index in [1.54, 1.807) is 24.3 Å². The van der Waals surface area contributed by atoms with E-state index >= 15 is 0 Å². The highest BCUT2D eigenvalue weighted by atomic mass is 16.4. The van der Waals surface area contributed by atoms with Gasteiger partial charge in [0.2, 0.25) is 0 Å². The summed E-state index contributed by atoms with van der Waals surface area (Å²) in [4.78, 5) is 22.8. The van der Waals surface area contributed by atoms with Crippen LogP contribution in [0.3, 0.4) is 0 Å². The summed E-state index contributed by atoms with van der Waals surface area (Å²) in [6.45, 7) is 3.30. The highest BCUT2D eigenvalue weighted by molar-refractivity contribution is 5.89. The van der Waals surface area contributed by atoms with Crippen LogP contribution in [0.15, 0.2) is 24.3 Å². The molecule has 114 valence electrons. The van der Waals surface area contributed by atoms with Gasteiger partial charge in [-0.05, 0) is 42.7 Å². The Balaban J connectivity index is 1.74. The van der Waals surface area contributed by atoms with Crippen LogP contribution in [0.5, 0.6) is 0 Å². The lowest BCUT2D eigenvalue weighted by molar-refractivity contribution is 0.0695. The molecule has 0 aliphatic heterocycles. The molecule has 1 aromatic carbocycles. The number of carbonyl (C=O) groups is 2. The predicted octanol–water partition coefficient (Wildman–Crippen LogP) is 2.42. The van der Waals surface area contributed by atoms with Crippen LogP contribution in [0.2, 0.25) is 0 Å². The van der Waals surface area contributed by atoms with Gasteiger partial charge in [-0.25, -0.2) is 9.59 Å². The van der Waals surface area contributed by atoms with E-state index in [1.807, 2.05) is 0 Å². The van der Waals surface area contributed by atoms with Crippen molar-refractivity contribution in [2.45, 2.75) is 32.6 Å². The Kier molecular flexibility index (Phi) is 4.83. The zero-order valence-corrected chi connectivity index (χ0v) is 12.3. The van der Waals surface area contributed by atoms with Crippen LogP contribution in [0.4, 0.5) is 4.79 Å². The van der Waals surface area contributed by atoms with Crippen LogP contribution in [0.25, 0.3) is 0 Å². The molecule has 0 radical (unpaired) electrons. The number of hydrogen-bond donors (Lipinski definition) is 3. The molecule has 0 spiro atoms. The molecular weight excluding hydrogens is 268 g/mol. The summed E-state index contributed by atoms with van der Waals surface area (Å²) in [5.41, 5.74) is 1.35. The van der Waals surface area contributed by atoms with Crippen molar-refractivity contribution in [2.75, 3.05) is 13.1 Å². The van der Waals surface area contributed by atoms with E-state index in [0.29, 0.717) is 23.9 Å². The fourth-order valence-electron chi connectivity index (χ4n) is 2.42. The van der Waals surface area contributed by atoms with Gasteiger partial charge < -0.3 is 15.7 Å². The predicted molar refractivity (Wildman–Crippen MR) is 80.5 cm³/mol. The lowest BCUT2D eigenvalue weighted by atomic mass is 10.0. The van der Waals surface area contributed by atoms with E-state index in [0.717, 1.165) is 18.5 Å². The summed E-state index contributed by atoms with van der Waals surface area (Å²) in [6, 6.07) is 6.68. The minimum atomic E-state index is -0.936. The highest BCUT2D eigenvalue weighted by Crippen LogP contribution is 2.47. The first kappa shape index (κ1) is 15.4. The highest BCUT2D eigenvalue weighted by Gasteiger charge is 2.40. The fraction of sp³-hybridized carbons (Fsp3) is 0.500. The molecule has 1 aliphatic carbocycles. The number of urea groups is 1. The molecule has 1 saturated carbocycles. The maximum Gasteiger partial charge on any atom is 0.335 e. The van der Waals surface area contributed by atoms with Crippen molar-refractivity contribution in [1.82, 2.24) is 10.6 Å². The minimum Gasteiger partial charge on any atom is -0.478 e. The second-order valence-corrected chi connectivity index (χ2v) is 5.68. The van der Waals surface area contributed by atoms with Crippen molar-refractivity contribution in [1.29, 1.82) is 0 Å². The van der Waals surface area contributed by atoms with Gasteiger partial charge in [0.1, 0.15) is 0 Å².